The minimum Gasteiger partial charge on any atom is -0.236 e. The van der Waals surface area contributed by atoms with Crippen molar-refractivity contribution < 1.29 is 0 Å². The first-order chi connectivity index (χ1) is 13.9. The third kappa shape index (κ3) is 3.00. The Kier molecular flexibility index (Phi) is 4.23. The quantitative estimate of drug-likeness (QED) is 0.457. The number of benzene rings is 3. The maximum Gasteiger partial charge on any atom is 0.205 e. The van der Waals surface area contributed by atoms with Crippen LogP contribution in [0.15, 0.2) is 84.2 Å². The largest absolute Gasteiger partial charge is 0.236 e. The Labute approximate surface area is 165 Å². The molecule has 3 aromatic carbocycles. The van der Waals surface area contributed by atoms with E-state index in [4.69, 9.17) is 4.98 Å². The monoisotopic (exact) mass is 381 g/mol. The van der Waals surface area contributed by atoms with E-state index >= 15 is 0 Å². The van der Waals surface area contributed by atoms with Gasteiger partial charge in [0.2, 0.25) is 5.82 Å². The Hall–Kier alpha value is -3.64. The van der Waals surface area contributed by atoms with Crippen molar-refractivity contribution in [1.82, 2.24) is 25.6 Å². The number of hydrogen-bond donors (Lipinski definition) is 1. The molecule has 0 aliphatic carbocycles. The molecule has 5 nitrogen and oxygen atoms in total. The molecule has 134 valence electrons. The van der Waals surface area contributed by atoms with Crippen molar-refractivity contribution in [1.29, 1.82) is 0 Å². The van der Waals surface area contributed by atoms with Crippen LogP contribution in [0.1, 0.15) is 0 Å². The first kappa shape index (κ1) is 16.5. The van der Waals surface area contributed by atoms with Crippen LogP contribution in [0.25, 0.3) is 44.3 Å². The van der Waals surface area contributed by atoms with Crippen molar-refractivity contribution in [3.8, 4) is 44.3 Å². The van der Waals surface area contributed by atoms with Gasteiger partial charge in [0, 0.05) is 22.1 Å². The normalized spacial score (nSPS) is 10.9. The van der Waals surface area contributed by atoms with Gasteiger partial charge in [-0.1, -0.05) is 78.9 Å². The summed E-state index contributed by atoms with van der Waals surface area (Å²) in [5, 5.41) is 17.9. The Bertz CT molecular complexity index is 1200. The number of aromatic nitrogens is 5. The molecule has 0 amide bonds. The van der Waals surface area contributed by atoms with Gasteiger partial charge < -0.3 is 0 Å². The van der Waals surface area contributed by atoms with Crippen LogP contribution < -0.4 is 0 Å². The van der Waals surface area contributed by atoms with Gasteiger partial charge in [-0.25, -0.2) is 4.98 Å². The summed E-state index contributed by atoms with van der Waals surface area (Å²) < 4.78 is 0. The third-order valence-corrected chi connectivity index (χ3v) is 5.41. The molecule has 0 unspecified atom stereocenters. The van der Waals surface area contributed by atoms with E-state index in [0.717, 1.165) is 38.5 Å². The van der Waals surface area contributed by atoms with Crippen LogP contribution in [0.4, 0.5) is 0 Å². The van der Waals surface area contributed by atoms with Gasteiger partial charge in [-0.3, -0.25) is 0 Å². The lowest BCUT2D eigenvalue weighted by atomic mass is 9.94. The summed E-state index contributed by atoms with van der Waals surface area (Å²) in [5.41, 5.74) is 6.07. The zero-order valence-corrected chi connectivity index (χ0v) is 15.6. The number of H-pyrrole nitrogens is 1. The fourth-order valence-corrected chi connectivity index (χ4v) is 4.07. The first-order valence-corrected chi connectivity index (χ1v) is 9.72. The molecule has 0 aliphatic rings. The number of aromatic amines is 1. The molecule has 5 rings (SSSR count). The average molecular weight is 381 g/mol. The predicted octanol–water partition coefficient (Wildman–Crippen LogP) is 5.32. The zero-order valence-electron chi connectivity index (χ0n) is 14.8. The molecule has 6 heteroatoms. The summed E-state index contributed by atoms with van der Waals surface area (Å²) in [7, 11) is 0. The fraction of sp³-hybridized carbons (Fsp3) is 0. The molecule has 0 fully saturated rings. The fourth-order valence-electron chi connectivity index (χ4n) is 3.24. The summed E-state index contributed by atoms with van der Waals surface area (Å²) in [6.45, 7) is 0. The highest BCUT2D eigenvalue weighted by molar-refractivity contribution is 7.13. The van der Waals surface area contributed by atoms with Crippen LogP contribution >= 0.6 is 11.3 Å². The molecular weight excluding hydrogens is 366 g/mol. The van der Waals surface area contributed by atoms with E-state index in [0.29, 0.717) is 5.82 Å². The van der Waals surface area contributed by atoms with E-state index in [9.17, 15) is 0 Å². The zero-order chi connectivity index (χ0) is 18.8. The number of rotatable bonds is 4. The SMILES string of the molecule is c1ccc(-c2nc(-c3cccc(-c4ccccc4)c3-c3nn[nH]n3)cs2)cc1. The van der Waals surface area contributed by atoms with Gasteiger partial charge in [-0.05, 0) is 16.3 Å². The molecule has 5 aromatic rings. The molecule has 28 heavy (non-hydrogen) atoms. The molecular formula is C22H15N5S. The molecule has 0 atom stereocenters. The summed E-state index contributed by atoms with van der Waals surface area (Å²) in [6.07, 6.45) is 0. The van der Waals surface area contributed by atoms with E-state index in [-0.39, 0.29) is 0 Å². The molecule has 0 saturated carbocycles. The van der Waals surface area contributed by atoms with Gasteiger partial charge in [0.1, 0.15) is 5.01 Å². The topological polar surface area (TPSA) is 67.3 Å². The molecule has 2 heterocycles. The molecule has 2 aromatic heterocycles. The summed E-state index contributed by atoms with van der Waals surface area (Å²) in [6, 6.07) is 26.6. The van der Waals surface area contributed by atoms with Crippen molar-refractivity contribution >= 4 is 11.3 Å². The lowest BCUT2D eigenvalue weighted by Gasteiger charge is -2.11. The van der Waals surface area contributed by atoms with Gasteiger partial charge >= 0.3 is 0 Å². The van der Waals surface area contributed by atoms with E-state index in [1.165, 1.54) is 0 Å². The smallest absolute Gasteiger partial charge is 0.205 e. The molecule has 1 N–H and O–H groups in total. The van der Waals surface area contributed by atoms with Crippen LogP contribution in [0.3, 0.4) is 0 Å². The Morgan fingerprint density at radius 2 is 1.43 bits per heavy atom. The first-order valence-electron chi connectivity index (χ1n) is 8.84. The molecule has 0 saturated heterocycles. The lowest BCUT2D eigenvalue weighted by molar-refractivity contribution is 0.881. The number of nitrogens with one attached hydrogen (secondary N) is 1. The molecule has 0 radical (unpaired) electrons. The van der Waals surface area contributed by atoms with Gasteiger partial charge in [0.05, 0.1) is 5.69 Å². The molecule has 0 spiro atoms. The average Bonchev–Trinajstić information content (AvgIpc) is 3.47. The van der Waals surface area contributed by atoms with Crippen molar-refractivity contribution in [3.63, 3.8) is 0 Å². The highest BCUT2D eigenvalue weighted by Gasteiger charge is 2.19. The lowest BCUT2D eigenvalue weighted by Crippen LogP contribution is -1.92. The third-order valence-electron chi connectivity index (χ3n) is 4.52. The Morgan fingerprint density at radius 3 is 2.14 bits per heavy atom. The highest BCUT2D eigenvalue weighted by atomic mass is 32.1. The summed E-state index contributed by atoms with van der Waals surface area (Å²) in [5.74, 6) is 0.559. The van der Waals surface area contributed by atoms with E-state index < -0.39 is 0 Å². The standard InChI is InChI=1S/C22H15N5S/c1-3-8-15(9-4-1)17-12-7-13-18(20(17)21-24-26-27-25-21)19-14-28-22(23-19)16-10-5-2-6-11-16/h1-14H,(H,24,25,26,27). The summed E-state index contributed by atoms with van der Waals surface area (Å²) >= 11 is 1.63. The van der Waals surface area contributed by atoms with E-state index in [1.807, 2.05) is 42.5 Å². The van der Waals surface area contributed by atoms with Crippen molar-refractivity contribution in [2.45, 2.75) is 0 Å². The highest BCUT2D eigenvalue weighted by Crippen LogP contribution is 2.39. The predicted molar refractivity (Wildman–Crippen MR) is 112 cm³/mol. The molecule has 0 aliphatic heterocycles. The number of hydrogen-bond acceptors (Lipinski definition) is 5. The second kappa shape index (κ2) is 7.17. The van der Waals surface area contributed by atoms with Crippen molar-refractivity contribution in [2.75, 3.05) is 0 Å². The number of tetrazole rings is 1. The number of thiazole rings is 1. The maximum absolute atomic E-state index is 4.89. The molecule has 0 bridgehead atoms. The Morgan fingerprint density at radius 1 is 0.714 bits per heavy atom. The second-order valence-corrected chi connectivity index (χ2v) is 7.09. The van der Waals surface area contributed by atoms with Crippen molar-refractivity contribution in [2.24, 2.45) is 0 Å². The minimum absolute atomic E-state index is 0.559. The summed E-state index contributed by atoms with van der Waals surface area (Å²) in [4.78, 5) is 4.89. The minimum atomic E-state index is 0.559. The van der Waals surface area contributed by atoms with Gasteiger partial charge in [0.25, 0.3) is 0 Å². The second-order valence-electron chi connectivity index (χ2n) is 6.23. The van der Waals surface area contributed by atoms with Crippen LogP contribution in [0.2, 0.25) is 0 Å². The van der Waals surface area contributed by atoms with Crippen LogP contribution in [0.5, 0.6) is 0 Å². The Balaban J connectivity index is 1.70. The number of nitrogens with zero attached hydrogens (tertiary/aromatic N) is 4. The van der Waals surface area contributed by atoms with Crippen LogP contribution in [-0.2, 0) is 0 Å². The van der Waals surface area contributed by atoms with Gasteiger partial charge in [-0.2, -0.15) is 5.21 Å². The van der Waals surface area contributed by atoms with Crippen LogP contribution in [0, 0.1) is 0 Å². The maximum atomic E-state index is 4.89. The van der Waals surface area contributed by atoms with E-state index in [1.54, 1.807) is 11.3 Å². The van der Waals surface area contributed by atoms with Crippen molar-refractivity contribution in [3.05, 3.63) is 84.2 Å². The van der Waals surface area contributed by atoms with Gasteiger partial charge in [-0.15, -0.1) is 21.5 Å². The van der Waals surface area contributed by atoms with Crippen LogP contribution in [-0.4, -0.2) is 25.6 Å². The van der Waals surface area contributed by atoms with Gasteiger partial charge in [0.15, 0.2) is 0 Å². The van der Waals surface area contributed by atoms with E-state index in [2.05, 4.69) is 62.4 Å².